The maximum atomic E-state index is 12.5. The Bertz CT molecular complexity index is 802. The molecule has 29 heavy (non-hydrogen) atoms. The van der Waals surface area contributed by atoms with Crippen molar-refractivity contribution in [3.8, 4) is 11.5 Å². The molecule has 2 aromatic carbocycles. The molecule has 0 saturated carbocycles. The summed E-state index contributed by atoms with van der Waals surface area (Å²) in [6.07, 6.45) is 1.34. The first-order valence-corrected chi connectivity index (χ1v) is 10.1. The lowest BCUT2D eigenvalue weighted by molar-refractivity contribution is -0.137. The fourth-order valence-electron chi connectivity index (χ4n) is 3.39. The molecule has 0 unspecified atom stereocenters. The molecule has 2 amide bonds. The fourth-order valence-corrected chi connectivity index (χ4v) is 3.39. The quantitative estimate of drug-likeness (QED) is 0.745. The van der Waals surface area contributed by atoms with E-state index >= 15 is 0 Å². The van der Waals surface area contributed by atoms with Gasteiger partial charge >= 0.3 is 0 Å². The van der Waals surface area contributed by atoms with Crippen LogP contribution >= 0.6 is 0 Å². The first kappa shape index (κ1) is 20.7. The largest absolute Gasteiger partial charge is 0.494 e. The van der Waals surface area contributed by atoms with Crippen molar-refractivity contribution in [2.24, 2.45) is 5.92 Å². The Morgan fingerprint density at radius 2 is 1.72 bits per heavy atom. The second kappa shape index (κ2) is 10.5. The van der Waals surface area contributed by atoms with E-state index in [0.29, 0.717) is 44.8 Å². The van der Waals surface area contributed by atoms with Crippen molar-refractivity contribution in [3.63, 3.8) is 0 Å². The van der Waals surface area contributed by atoms with Gasteiger partial charge in [0.25, 0.3) is 5.91 Å². The number of hydrogen-bond acceptors (Lipinski definition) is 4. The summed E-state index contributed by atoms with van der Waals surface area (Å²) in [4.78, 5) is 26.6. The second-order valence-corrected chi connectivity index (χ2v) is 7.06. The molecule has 0 aliphatic carbocycles. The maximum absolute atomic E-state index is 12.5. The average molecular weight is 396 g/mol. The molecule has 1 aliphatic heterocycles. The van der Waals surface area contributed by atoms with Gasteiger partial charge in [0.05, 0.1) is 6.61 Å². The van der Waals surface area contributed by atoms with E-state index in [0.717, 1.165) is 11.3 Å². The Kier molecular flexibility index (Phi) is 7.50. The highest BCUT2D eigenvalue weighted by molar-refractivity contribution is 5.80. The summed E-state index contributed by atoms with van der Waals surface area (Å²) in [7, 11) is 0. The van der Waals surface area contributed by atoms with Crippen LogP contribution in [-0.2, 0) is 16.1 Å². The summed E-state index contributed by atoms with van der Waals surface area (Å²) in [5.41, 5.74) is 1.01. The summed E-state index contributed by atoms with van der Waals surface area (Å²) >= 11 is 0. The standard InChI is InChI=1S/C23H28N2O4/c1-2-28-21-10-6-7-18(15-21)16-24-23(27)19-11-13-25(14-12-19)22(26)17-29-20-8-4-3-5-9-20/h3-10,15,19H,2,11-14,16-17H2,1H3,(H,24,27). The number of amides is 2. The third kappa shape index (κ3) is 6.24. The Hall–Kier alpha value is -3.02. The van der Waals surface area contributed by atoms with Crippen LogP contribution in [0.25, 0.3) is 0 Å². The smallest absolute Gasteiger partial charge is 0.260 e. The molecule has 1 N–H and O–H groups in total. The van der Waals surface area contributed by atoms with E-state index in [-0.39, 0.29) is 24.3 Å². The highest BCUT2D eigenvalue weighted by Crippen LogP contribution is 2.19. The molecule has 1 fully saturated rings. The number of hydrogen-bond donors (Lipinski definition) is 1. The minimum atomic E-state index is -0.0656. The highest BCUT2D eigenvalue weighted by Gasteiger charge is 2.27. The SMILES string of the molecule is CCOc1cccc(CNC(=O)C2CCN(C(=O)COc3ccccc3)CC2)c1. The van der Waals surface area contributed by atoms with E-state index < -0.39 is 0 Å². The Morgan fingerprint density at radius 3 is 2.45 bits per heavy atom. The molecule has 0 aromatic heterocycles. The molecule has 0 bridgehead atoms. The predicted molar refractivity (Wildman–Crippen MR) is 111 cm³/mol. The van der Waals surface area contributed by atoms with E-state index in [4.69, 9.17) is 9.47 Å². The molecular weight excluding hydrogens is 368 g/mol. The van der Waals surface area contributed by atoms with Gasteiger partial charge in [-0.05, 0) is 49.6 Å². The third-order valence-corrected chi connectivity index (χ3v) is 5.00. The molecule has 2 aromatic rings. The molecule has 0 spiro atoms. The van der Waals surface area contributed by atoms with E-state index in [2.05, 4.69) is 5.32 Å². The number of likely N-dealkylation sites (tertiary alicyclic amines) is 1. The average Bonchev–Trinajstić information content (AvgIpc) is 2.77. The van der Waals surface area contributed by atoms with Gasteiger partial charge in [-0.1, -0.05) is 30.3 Å². The van der Waals surface area contributed by atoms with Crippen LogP contribution in [0, 0.1) is 5.92 Å². The van der Waals surface area contributed by atoms with Crippen LogP contribution in [0.4, 0.5) is 0 Å². The van der Waals surface area contributed by atoms with Crippen molar-refractivity contribution < 1.29 is 19.1 Å². The molecule has 1 heterocycles. The van der Waals surface area contributed by atoms with Crippen LogP contribution in [0.2, 0.25) is 0 Å². The lowest BCUT2D eigenvalue weighted by Crippen LogP contribution is -2.44. The fraction of sp³-hybridized carbons (Fsp3) is 0.391. The summed E-state index contributed by atoms with van der Waals surface area (Å²) in [5, 5.41) is 3.01. The number of carbonyl (C=O) groups is 2. The first-order valence-electron chi connectivity index (χ1n) is 10.1. The Balaban J connectivity index is 1.40. The third-order valence-electron chi connectivity index (χ3n) is 5.00. The lowest BCUT2D eigenvalue weighted by Gasteiger charge is -2.31. The van der Waals surface area contributed by atoms with Crippen LogP contribution < -0.4 is 14.8 Å². The van der Waals surface area contributed by atoms with Gasteiger partial charge in [0, 0.05) is 25.6 Å². The normalized spacial score (nSPS) is 14.3. The van der Waals surface area contributed by atoms with Crippen LogP contribution in [0.3, 0.4) is 0 Å². The molecule has 154 valence electrons. The zero-order chi connectivity index (χ0) is 20.5. The first-order chi connectivity index (χ1) is 14.2. The number of para-hydroxylation sites is 1. The van der Waals surface area contributed by atoms with Crippen molar-refractivity contribution in [1.29, 1.82) is 0 Å². The zero-order valence-corrected chi connectivity index (χ0v) is 16.8. The summed E-state index contributed by atoms with van der Waals surface area (Å²) < 4.78 is 11.0. The molecule has 6 heteroatoms. The van der Waals surface area contributed by atoms with E-state index in [1.54, 1.807) is 4.90 Å². The van der Waals surface area contributed by atoms with Crippen molar-refractivity contribution in [3.05, 3.63) is 60.2 Å². The molecule has 0 radical (unpaired) electrons. The molecule has 1 saturated heterocycles. The van der Waals surface area contributed by atoms with E-state index in [9.17, 15) is 9.59 Å². The molecule has 6 nitrogen and oxygen atoms in total. The van der Waals surface area contributed by atoms with Gasteiger partial charge in [-0.2, -0.15) is 0 Å². The lowest BCUT2D eigenvalue weighted by atomic mass is 9.95. The van der Waals surface area contributed by atoms with Gasteiger partial charge in [0.1, 0.15) is 11.5 Å². The van der Waals surface area contributed by atoms with Gasteiger partial charge in [-0.3, -0.25) is 9.59 Å². The van der Waals surface area contributed by atoms with Crippen LogP contribution in [-0.4, -0.2) is 43.0 Å². The van der Waals surface area contributed by atoms with E-state index in [1.807, 2.05) is 61.5 Å². The molecule has 3 rings (SSSR count). The minimum Gasteiger partial charge on any atom is -0.494 e. The topological polar surface area (TPSA) is 67.9 Å². The van der Waals surface area contributed by atoms with Crippen molar-refractivity contribution >= 4 is 11.8 Å². The van der Waals surface area contributed by atoms with Crippen molar-refractivity contribution in [2.75, 3.05) is 26.3 Å². The van der Waals surface area contributed by atoms with Gasteiger partial charge in [0.15, 0.2) is 6.61 Å². The van der Waals surface area contributed by atoms with E-state index in [1.165, 1.54) is 0 Å². The number of carbonyl (C=O) groups excluding carboxylic acids is 2. The minimum absolute atomic E-state index is 0.0248. The van der Waals surface area contributed by atoms with Crippen LogP contribution in [0.15, 0.2) is 54.6 Å². The number of rotatable bonds is 8. The van der Waals surface area contributed by atoms with Crippen LogP contribution in [0.1, 0.15) is 25.3 Å². The number of piperidine rings is 1. The number of nitrogens with one attached hydrogen (secondary N) is 1. The van der Waals surface area contributed by atoms with Gasteiger partial charge in [-0.25, -0.2) is 0 Å². The van der Waals surface area contributed by atoms with Crippen molar-refractivity contribution in [1.82, 2.24) is 10.2 Å². The monoisotopic (exact) mass is 396 g/mol. The van der Waals surface area contributed by atoms with Gasteiger partial charge in [0.2, 0.25) is 5.91 Å². The van der Waals surface area contributed by atoms with Gasteiger partial charge < -0.3 is 19.7 Å². The molecule has 0 atom stereocenters. The number of benzene rings is 2. The molecular formula is C23H28N2O4. The Labute approximate surface area is 171 Å². The maximum Gasteiger partial charge on any atom is 0.260 e. The summed E-state index contributed by atoms with van der Waals surface area (Å²) in [5.74, 6) is 1.43. The van der Waals surface area contributed by atoms with Crippen molar-refractivity contribution in [2.45, 2.75) is 26.3 Å². The predicted octanol–water partition coefficient (Wildman–Crippen LogP) is 3.02. The number of ether oxygens (including phenoxy) is 2. The zero-order valence-electron chi connectivity index (χ0n) is 16.8. The highest BCUT2D eigenvalue weighted by atomic mass is 16.5. The second-order valence-electron chi connectivity index (χ2n) is 7.06. The summed E-state index contributed by atoms with van der Waals surface area (Å²) in [6.45, 7) is 4.22. The van der Waals surface area contributed by atoms with Gasteiger partial charge in [-0.15, -0.1) is 0 Å². The Morgan fingerprint density at radius 1 is 1.00 bits per heavy atom. The summed E-state index contributed by atoms with van der Waals surface area (Å²) in [6, 6.07) is 17.0. The number of nitrogens with zero attached hydrogens (tertiary/aromatic N) is 1. The molecule has 1 aliphatic rings. The van der Waals surface area contributed by atoms with Crippen LogP contribution in [0.5, 0.6) is 11.5 Å².